The number of ether oxygens (including phenoxy) is 1. The number of alkyl carbamates (subject to hydrolysis) is 1. The standard InChI is InChI=1S/C36H41N5O5SSi/c1-35(2,3)45-34(44)38-22-31(42)39-24-14-11-13-23(19-24)26-20-28(25-15-9-10-16-29(25)46-48(7,8)36(4,5)6)40-32(27(26)21-37)41-33(43)30-17-12-18-47-30/h9-20H,22H2,1-8H3,(H,38,44)(H,39,42)(H,40,41,43). The number of amides is 3. The topological polar surface area (TPSA) is 142 Å². The van der Waals surface area contributed by atoms with Crippen LogP contribution in [0.25, 0.3) is 22.4 Å². The molecule has 2 aromatic carbocycles. The van der Waals surface area contributed by atoms with Gasteiger partial charge in [0.2, 0.25) is 5.91 Å². The van der Waals surface area contributed by atoms with E-state index in [-0.39, 0.29) is 28.9 Å². The molecule has 0 unspecified atom stereocenters. The number of para-hydroxylation sites is 1. The number of nitrogens with zero attached hydrogens (tertiary/aromatic N) is 2. The minimum Gasteiger partial charge on any atom is -0.543 e. The summed E-state index contributed by atoms with van der Waals surface area (Å²) in [6.07, 6.45) is -0.704. The van der Waals surface area contributed by atoms with Gasteiger partial charge in [0.25, 0.3) is 14.2 Å². The maximum Gasteiger partial charge on any atom is 0.408 e. The van der Waals surface area contributed by atoms with Gasteiger partial charge in [0.05, 0.1) is 10.6 Å². The highest BCUT2D eigenvalue weighted by Gasteiger charge is 2.39. The van der Waals surface area contributed by atoms with Crippen LogP contribution < -0.4 is 20.4 Å². The smallest absolute Gasteiger partial charge is 0.408 e. The predicted molar refractivity (Wildman–Crippen MR) is 193 cm³/mol. The van der Waals surface area contributed by atoms with Crippen molar-refractivity contribution >= 4 is 49.1 Å². The summed E-state index contributed by atoms with van der Waals surface area (Å²) in [6.45, 7) is 15.7. The predicted octanol–water partition coefficient (Wildman–Crippen LogP) is 8.45. The van der Waals surface area contributed by atoms with Crippen LogP contribution in [0.5, 0.6) is 5.75 Å². The zero-order valence-electron chi connectivity index (χ0n) is 28.5. The number of pyridine rings is 1. The van der Waals surface area contributed by atoms with E-state index in [9.17, 15) is 19.6 Å². The van der Waals surface area contributed by atoms with Gasteiger partial charge in [0, 0.05) is 16.8 Å². The Morgan fingerprint density at radius 3 is 2.29 bits per heavy atom. The fourth-order valence-electron chi connectivity index (χ4n) is 4.32. The second-order valence-corrected chi connectivity index (χ2v) is 19.3. The molecule has 0 aliphatic carbocycles. The Balaban J connectivity index is 1.76. The fraction of sp³-hybridized carbons (Fsp3) is 0.306. The number of anilines is 2. The summed E-state index contributed by atoms with van der Waals surface area (Å²) < 4.78 is 11.9. The lowest BCUT2D eigenvalue weighted by Crippen LogP contribution is -2.44. The molecule has 2 aromatic heterocycles. The number of nitrogens with one attached hydrogen (secondary N) is 3. The van der Waals surface area contributed by atoms with Gasteiger partial charge in [-0.1, -0.05) is 51.1 Å². The lowest BCUT2D eigenvalue weighted by Gasteiger charge is -2.37. The van der Waals surface area contributed by atoms with E-state index in [2.05, 4.69) is 55.9 Å². The number of aromatic nitrogens is 1. The molecule has 0 aliphatic rings. The molecular formula is C36H41N5O5SSi. The Morgan fingerprint density at radius 1 is 0.917 bits per heavy atom. The van der Waals surface area contributed by atoms with Gasteiger partial charge in [-0.3, -0.25) is 9.59 Å². The van der Waals surface area contributed by atoms with E-state index in [0.29, 0.717) is 38.7 Å². The van der Waals surface area contributed by atoms with Crippen molar-refractivity contribution in [2.45, 2.75) is 65.3 Å². The number of rotatable bonds is 9. The minimum absolute atomic E-state index is 0.0590. The van der Waals surface area contributed by atoms with Crippen LogP contribution in [-0.2, 0) is 9.53 Å². The summed E-state index contributed by atoms with van der Waals surface area (Å²) in [5.74, 6) is -0.0984. The van der Waals surface area contributed by atoms with E-state index >= 15 is 0 Å². The molecule has 0 spiro atoms. The van der Waals surface area contributed by atoms with Crippen LogP contribution in [0, 0.1) is 11.3 Å². The van der Waals surface area contributed by atoms with E-state index in [0.717, 1.165) is 0 Å². The van der Waals surface area contributed by atoms with Gasteiger partial charge < -0.3 is 25.1 Å². The molecule has 48 heavy (non-hydrogen) atoms. The lowest BCUT2D eigenvalue weighted by molar-refractivity contribution is -0.115. The molecule has 3 amide bonds. The molecule has 0 bridgehead atoms. The highest BCUT2D eigenvalue weighted by molar-refractivity contribution is 7.12. The van der Waals surface area contributed by atoms with E-state index in [1.165, 1.54) is 11.3 Å². The molecule has 3 N–H and O–H groups in total. The average Bonchev–Trinajstić information content (AvgIpc) is 3.54. The molecule has 0 saturated carbocycles. The number of carbonyl (C=O) groups excluding carboxylic acids is 3. The summed E-state index contributed by atoms with van der Waals surface area (Å²) in [5, 5.41) is 20.2. The van der Waals surface area contributed by atoms with Gasteiger partial charge in [0.1, 0.15) is 29.5 Å². The van der Waals surface area contributed by atoms with Crippen molar-refractivity contribution in [1.82, 2.24) is 10.3 Å². The average molecular weight is 684 g/mol. The summed E-state index contributed by atoms with van der Waals surface area (Å²) in [7, 11) is -2.25. The molecule has 0 atom stereocenters. The monoisotopic (exact) mass is 683 g/mol. The third kappa shape index (κ3) is 9.08. The maximum atomic E-state index is 13.2. The van der Waals surface area contributed by atoms with Crippen molar-refractivity contribution < 1.29 is 23.5 Å². The van der Waals surface area contributed by atoms with Gasteiger partial charge in [-0.25, -0.2) is 9.78 Å². The van der Waals surface area contributed by atoms with E-state index in [1.54, 1.807) is 68.6 Å². The van der Waals surface area contributed by atoms with Crippen molar-refractivity contribution in [3.05, 3.63) is 82.6 Å². The first-order chi connectivity index (χ1) is 22.5. The zero-order valence-corrected chi connectivity index (χ0v) is 30.3. The van der Waals surface area contributed by atoms with Crippen molar-refractivity contribution in [1.29, 1.82) is 5.26 Å². The van der Waals surface area contributed by atoms with Crippen LogP contribution >= 0.6 is 11.3 Å². The number of hydrogen-bond acceptors (Lipinski definition) is 8. The van der Waals surface area contributed by atoms with Crippen LogP contribution in [0.2, 0.25) is 18.1 Å². The largest absolute Gasteiger partial charge is 0.543 e. The summed E-state index contributed by atoms with van der Waals surface area (Å²) in [4.78, 5) is 43.2. The van der Waals surface area contributed by atoms with Crippen LogP contribution in [0.15, 0.2) is 72.1 Å². The van der Waals surface area contributed by atoms with Crippen molar-refractivity contribution in [2.75, 3.05) is 17.2 Å². The van der Waals surface area contributed by atoms with E-state index < -0.39 is 25.9 Å². The number of nitriles is 1. The number of benzene rings is 2. The molecule has 250 valence electrons. The molecule has 10 nitrogen and oxygen atoms in total. The summed E-state index contributed by atoms with van der Waals surface area (Å²) in [6, 6.07) is 22.0. The molecule has 4 rings (SSSR count). The second kappa shape index (κ2) is 14.4. The SMILES string of the molecule is CC(C)(C)OC(=O)NCC(=O)Nc1cccc(-c2cc(-c3ccccc3O[Si](C)(C)C(C)(C)C)nc(NC(=O)c3cccs3)c2C#N)c1. The van der Waals surface area contributed by atoms with E-state index in [4.69, 9.17) is 14.1 Å². The molecule has 0 saturated heterocycles. The maximum absolute atomic E-state index is 13.2. The van der Waals surface area contributed by atoms with Gasteiger partial charge in [-0.05, 0) is 86.2 Å². The Hall–Kier alpha value is -4.99. The fourth-order valence-corrected chi connectivity index (χ4v) is 5.98. The Morgan fingerprint density at radius 2 is 1.65 bits per heavy atom. The molecule has 2 heterocycles. The first-order valence-corrected chi connectivity index (χ1v) is 19.2. The van der Waals surface area contributed by atoms with Gasteiger partial charge in [-0.2, -0.15) is 5.26 Å². The second-order valence-electron chi connectivity index (χ2n) is 13.7. The lowest BCUT2D eigenvalue weighted by atomic mass is 9.97. The van der Waals surface area contributed by atoms with Crippen molar-refractivity contribution in [2.24, 2.45) is 0 Å². The summed E-state index contributed by atoms with van der Waals surface area (Å²) >= 11 is 1.28. The quantitative estimate of drug-likeness (QED) is 0.150. The third-order valence-corrected chi connectivity index (χ3v) is 12.9. The first kappa shape index (κ1) is 35.9. The van der Waals surface area contributed by atoms with Crippen LogP contribution in [0.4, 0.5) is 16.3 Å². The highest BCUT2D eigenvalue weighted by atomic mass is 32.1. The molecule has 0 fully saturated rings. The number of carbonyl (C=O) groups is 3. The van der Waals surface area contributed by atoms with Gasteiger partial charge >= 0.3 is 6.09 Å². The Labute approximate surface area is 286 Å². The normalized spacial score (nSPS) is 11.6. The molecule has 4 aromatic rings. The highest BCUT2D eigenvalue weighted by Crippen LogP contribution is 2.41. The van der Waals surface area contributed by atoms with Crippen molar-refractivity contribution in [3.8, 4) is 34.2 Å². The molecule has 0 radical (unpaired) electrons. The van der Waals surface area contributed by atoms with Crippen LogP contribution in [0.3, 0.4) is 0 Å². The number of thiophene rings is 1. The zero-order chi connectivity index (χ0) is 35.3. The molecular weight excluding hydrogens is 643 g/mol. The van der Waals surface area contributed by atoms with Crippen molar-refractivity contribution in [3.63, 3.8) is 0 Å². The third-order valence-electron chi connectivity index (χ3n) is 7.69. The van der Waals surface area contributed by atoms with Crippen LogP contribution in [-0.4, -0.2) is 43.4 Å². The number of hydrogen-bond donors (Lipinski definition) is 3. The minimum atomic E-state index is -2.25. The first-order valence-electron chi connectivity index (χ1n) is 15.4. The molecule has 12 heteroatoms. The van der Waals surface area contributed by atoms with Gasteiger partial charge in [0.15, 0.2) is 5.82 Å². The Bertz CT molecular complexity index is 1850. The Kier molecular flexibility index (Phi) is 10.8. The van der Waals surface area contributed by atoms with E-state index in [1.807, 2.05) is 24.3 Å². The van der Waals surface area contributed by atoms with Gasteiger partial charge in [-0.15, -0.1) is 11.3 Å². The van der Waals surface area contributed by atoms with Crippen LogP contribution in [0.1, 0.15) is 56.8 Å². The summed E-state index contributed by atoms with van der Waals surface area (Å²) in [5.41, 5.74) is 2.19. The molecule has 0 aliphatic heterocycles.